The molecule has 4 N–H and O–H groups in total. The number of carboxylic acid groups (broad SMARTS) is 2. The maximum atomic E-state index is 12.3. The first-order chi connectivity index (χ1) is 14.7. The van der Waals surface area contributed by atoms with E-state index in [1.54, 1.807) is 30.5 Å². The normalized spacial score (nSPS) is 10.8. The van der Waals surface area contributed by atoms with E-state index in [1.165, 1.54) is 0 Å². The van der Waals surface area contributed by atoms with Crippen LogP contribution in [0.15, 0.2) is 46.9 Å². The van der Waals surface area contributed by atoms with Crippen LogP contribution in [0.5, 0.6) is 0 Å². The molecule has 3 aromatic rings. The summed E-state index contributed by atoms with van der Waals surface area (Å²) in [7, 11) is 0. The smallest absolute Gasteiger partial charge is 0.550 e. The van der Waals surface area contributed by atoms with Crippen molar-refractivity contribution in [2.45, 2.75) is 25.7 Å². The average Bonchev–Trinajstić information content (AvgIpc) is 3.12. The maximum Gasteiger partial charge on any atom is 1.00 e. The molecule has 0 fully saturated rings. The molecular weight excluding hydrogens is 450 g/mol. The van der Waals surface area contributed by atoms with Gasteiger partial charge in [-0.25, -0.2) is 0 Å². The number of nitrogens with zero attached hydrogens (tertiary/aromatic N) is 1. The number of aromatic nitrogens is 3. The molecule has 10 nitrogen and oxygen atoms in total. The molecule has 0 saturated carbocycles. The summed E-state index contributed by atoms with van der Waals surface area (Å²) in [5.74, 6) is -3.56. The first-order valence-electron chi connectivity index (χ1n) is 9.35. The van der Waals surface area contributed by atoms with E-state index in [0.717, 1.165) is 17.2 Å². The van der Waals surface area contributed by atoms with Crippen molar-refractivity contribution < 1.29 is 83.7 Å². The van der Waals surface area contributed by atoms with Gasteiger partial charge in [-0.1, -0.05) is 24.3 Å². The van der Waals surface area contributed by atoms with E-state index in [4.69, 9.17) is 5.73 Å². The number of carbonyl (C=O) groups is 3. The van der Waals surface area contributed by atoms with Gasteiger partial charge in [0.15, 0.2) is 5.78 Å². The number of ketones is 1. The van der Waals surface area contributed by atoms with Crippen molar-refractivity contribution in [3.63, 3.8) is 0 Å². The molecule has 0 radical (unpaired) electrons. The number of aryl methyl sites for hydroxylation is 2. The standard InChI is InChI=1S/C21H20N4O6.2Na/c22-21-24-18-17(19(29)25-21)14(10-23-18)6-3-11-1-4-12(5-2-11)15(26)9-13(20(30)31)7-8-16(27)28;;/h1-2,4-5,9-10H,3,6-8H2,(H,27,28)(H,30,31)(H4,22,23,24,25,29);;/q;2*+1/p-2/b13-9+;;. The van der Waals surface area contributed by atoms with E-state index in [9.17, 15) is 29.4 Å². The minimum absolute atomic E-state index is 0. The summed E-state index contributed by atoms with van der Waals surface area (Å²) in [6.45, 7) is 0. The Bertz CT molecular complexity index is 1250. The first-order valence-corrected chi connectivity index (χ1v) is 9.35. The van der Waals surface area contributed by atoms with Crippen LogP contribution in [-0.4, -0.2) is 32.7 Å². The Morgan fingerprint density at radius 3 is 2.30 bits per heavy atom. The van der Waals surface area contributed by atoms with E-state index in [0.29, 0.717) is 23.9 Å². The molecular formula is C21H18N4Na2O6. The zero-order chi connectivity index (χ0) is 22.5. The van der Waals surface area contributed by atoms with Gasteiger partial charge in [-0.2, -0.15) is 4.98 Å². The SMILES string of the molecule is Nc1nc2[nH]cc(CCc3ccc(C(=O)/C=C(\CCC(=O)[O-])C(=O)[O-])cc3)c2c(=O)[nH]1.[Na+].[Na+]. The Balaban J connectivity index is 0.00000272. The van der Waals surface area contributed by atoms with E-state index >= 15 is 0 Å². The fourth-order valence-corrected chi connectivity index (χ4v) is 3.14. The Labute approximate surface area is 232 Å². The summed E-state index contributed by atoms with van der Waals surface area (Å²) in [6.07, 6.45) is 2.80. The average molecular weight is 468 g/mol. The van der Waals surface area contributed by atoms with E-state index in [2.05, 4.69) is 15.0 Å². The first kappa shape index (κ1) is 28.8. The number of nitrogens with one attached hydrogen (secondary N) is 2. The molecule has 2 aromatic heterocycles. The second-order valence-electron chi connectivity index (χ2n) is 6.88. The molecule has 1 aromatic carbocycles. The van der Waals surface area contributed by atoms with Crippen molar-refractivity contribution in [3.05, 3.63) is 69.2 Å². The van der Waals surface area contributed by atoms with E-state index in [-0.39, 0.29) is 82.6 Å². The summed E-state index contributed by atoms with van der Waals surface area (Å²) < 4.78 is 0. The molecule has 0 atom stereocenters. The van der Waals surface area contributed by atoms with Crippen molar-refractivity contribution in [2.75, 3.05) is 5.73 Å². The van der Waals surface area contributed by atoms with Gasteiger partial charge in [0.2, 0.25) is 5.95 Å². The molecule has 160 valence electrons. The third-order valence-corrected chi connectivity index (χ3v) is 4.73. The summed E-state index contributed by atoms with van der Waals surface area (Å²) in [4.78, 5) is 55.4. The number of nitrogens with two attached hydrogens (primary N) is 1. The molecule has 3 rings (SSSR count). The number of H-pyrrole nitrogens is 2. The zero-order valence-corrected chi connectivity index (χ0v) is 22.3. The molecule has 0 unspecified atom stereocenters. The number of rotatable bonds is 9. The number of carboxylic acids is 2. The minimum atomic E-state index is -1.60. The van der Waals surface area contributed by atoms with Gasteiger partial charge in [0.25, 0.3) is 5.56 Å². The van der Waals surface area contributed by atoms with E-state index in [1.807, 2.05) is 0 Å². The van der Waals surface area contributed by atoms with Gasteiger partial charge >= 0.3 is 59.1 Å². The number of benzene rings is 1. The van der Waals surface area contributed by atoms with Gasteiger partial charge in [-0.15, -0.1) is 0 Å². The molecule has 12 heteroatoms. The van der Waals surface area contributed by atoms with Crippen molar-refractivity contribution in [2.24, 2.45) is 0 Å². The van der Waals surface area contributed by atoms with Crippen LogP contribution in [0.1, 0.15) is 34.3 Å². The van der Waals surface area contributed by atoms with Gasteiger partial charge in [0, 0.05) is 17.7 Å². The van der Waals surface area contributed by atoms with Crippen LogP contribution in [0.3, 0.4) is 0 Å². The van der Waals surface area contributed by atoms with Gasteiger partial charge in [-0.05, 0) is 48.5 Å². The molecule has 0 aliphatic carbocycles. The molecule has 0 bridgehead atoms. The molecule has 0 aliphatic heterocycles. The van der Waals surface area contributed by atoms with Gasteiger partial charge in [0.05, 0.1) is 11.4 Å². The summed E-state index contributed by atoms with van der Waals surface area (Å²) in [5, 5.41) is 22.0. The fraction of sp³-hybridized carbons (Fsp3) is 0.190. The van der Waals surface area contributed by atoms with Crippen molar-refractivity contribution in [1.82, 2.24) is 15.0 Å². The number of anilines is 1. The number of aliphatic carboxylic acids is 2. The third-order valence-electron chi connectivity index (χ3n) is 4.73. The van der Waals surface area contributed by atoms with Gasteiger partial charge in [-0.3, -0.25) is 14.6 Å². The number of hydrogen-bond acceptors (Lipinski definition) is 8. The van der Waals surface area contributed by atoms with Gasteiger partial charge in [0.1, 0.15) is 5.65 Å². The molecule has 0 saturated heterocycles. The quantitative estimate of drug-likeness (QED) is 0.157. The molecule has 0 amide bonds. The Morgan fingerprint density at radius 2 is 1.70 bits per heavy atom. The molecule has 33 heavy (non-hydrogen) atoms. The Hall–Kier alpha value is -2.21. The van der Waals surface area contributed by atoms with Crippen LogP contribution in [0.25, 0.3) is 11.0 Å². The number of nitrogen functional groups attached to an aromatic ring is 1. The Morgan fingerprint density at radius 1 is 1.03 bits per heavy atom. The second kappa shape index (κ2) is 12.9. The number of allylic oxidation sites excluding steroid dienone is 1. The largest absolute Gasteiger partial charge is 1.00 e. The zero-order valence-electron chi connectivity index (χ0n) is 18.3. The Kier molecular flexibility index (Phi) is 11.2. The van der Waals surface area contributed by atoms with Crippen molar-refractivity contribution in [3.8, 4) is 0 Å². The van der Waals surface area contributed by atoms with Gasteiger partial charge < -0.3 is 30.5 Å². The monoisotopic (exact) mass is 468 g/mol. The third kappa shape index (κ3) is 7.66. The van der Waals surface area contributed by atoms with Crippen LogP contribution in [0, 0.1) is 0 Å². The van der Waals surface area contributed by atoms with Crippen LogP contribution < -0.4 is 80.6 Å². The number of fused-ring (bicyclic) bond motifs is 1. The topological polar surface area (TPSA) is 185 Å². The molecule has 0 spiro atoms. The van der Waals surface area contributed by atoms with Crippen LogP contribution in [0.4, 0.5) is 5.95 Å². The summed E-state index contributed by atoms with van der Waals surface area (Å²) in [5.41, 5.74) is 7.13. The minimum Gasteiger partial charge on any atom is -0.550 e. The number of carbonyl (C=O) groups excluding carboxylic acids is 3. The van der Waals surface area contributed by atoms with Crippen LogP contribution in [-0.2, 0) is 22.4 Å². The van der Waals surface area contributed by atoms with Crippen molar-refractivity contribution >= 4 is 34.7 Å². The van der Waals surface area contributed by atoms with Crippen molar-refractivity contribution in [1.29, 1.82) is 0 Å². The fourth-order valence-electron chi connectivity index (χ4n) is 3.14. The second-order valence-corrected chi connectivity index (χ2v) is 6.88. The predicted octanol–water partition coefficient (Wildman–Crippen LogP) is -6.98. The molecule has 2 heterocycles. The molecule has 0 aliphatic rings. The number of hydrogen-bond donors (Lipinski definition) is 3. The number of aromatic amines is 2. The maximum absolute atomic E-state index is 12.3. The van der Waals surface area contributed by atoms with Crippen LogP contribution >= 0.6 is 0 Å². The predicted molar refractivity (Wildman–Crippen MR) is 107 cm³/mol. The summed E-state index contributed by atoms with van der Waals surface area (Å²) in [6, 6.07) is 6.53. The van der Waals surface area contributed by atoms with Crippen LogP contribution in [0.2, 0.25) is 0 Å². The van der Waals surface area contributed by atoms with E-state index < -0.39 is 29.7 Å². The summed E-state index contributed by atoms with van der Waals surface area (Å²) >= 11 is 0.